The Balaban J connectivity index is 2.52. The van der Waals surface area contributed by atoms with Crippen LogP contribution in [0.5, 0.6) is 0 Å². The minimum Gasteiger partial charge on any atom is -0.370 e. The molecule has 0 aliphatic carbocycles. The number of halogens is 3. The van der Waals surface area contributed by atoms with Crippen molar-refractivity contribution in [3.05, 3.63) is 30.6 Å². The molecule has 2 rings (SSSR count). The molecular weight excluding hydrogens is 259 g/mol. The highest BCUT2D eigenvalue weighted by Gasteiger charge is 2.35. The van der Waals surface area contributed by atoms with Crippen LogP contribution >= 0.6 is 0 Å². The molecule has 0 aliphatic heterocycles. The van der Waals surface area contributed by atoms with Gasteiger partial charge < -0.3 is 5.32 Å². The van der Waals surface area contributed by atoms with Crippen molar-refractivity contribution in [2.75, 3.05) is 11.9 Å². The first-order valence-corrected chi connectivity index (χ1v) is 5.46. The molecule has 100 valence electrons. The van der Waals surface area contributed by atoms with E-state index in [-0.39, 0.29) is 11.5 Å². The van der Waals surface area contributed by atoms with Crippen molar-refractivity contribution in [1.82, 2.24) is 19.9 Å². The van der Waals surface area contributed by atoms with Crippen molar-refractivity contribution < 1.29 is 13.2 Å². The zero-order valence-corrected chi connectivity index (χ0v) is 9.94. The Bertz CT molecular complexity index is 556. The molecule has 0 aliphatic rings. The van der Waals surface area contributed by atoms with Gasteiger partial charge in [0.1, 0.15) is 12.1 Å². The summed E-state index contributed by atoms with van der Waals surface area (Å²) in [4.78, 5) is 14.4. The van der Waals surface area contributed by atoms with Crippen LogP contribution in [0.3, 0.4) is 0 Å². The van der Waals surface area contributed by atoms with Crippen LogP contribution in [0.25, 0.3) is 11.3 Å². The molecule has 0 radical (unpaired) electrons. The van der Waals surface area contributed by atoms with Gasteiger partial charge in [0.2, 0.25) is 5.82 Å². The van der Waals surface area contributed by atoms with E-state index in [0.29, 0.717) is 12.1 Å². The molecule has 0 fully saturated rings. The maximum absolute atomic E-state index is 12.7. The highest BCUT2D eigenvalue weighted by Crippen LogP contribution is 2.29. The Morgan fingerprint density at radius 3 is 2.42 bits per heavy atom. The lowest BCUT2D eigenvalue weighted by atomic mass is 10.2. The molecule has 0 aromatic carbocycles. The fourth-order valence-corrected chi connectivity index (χ4v) is 1.42. The van der Waals surface area contributed by atoms with Gasteiger partial charge in [-0.3, -0.25) is 0 Å². The molecule has 0 bridgehead atoms. The molecule has 19 heavy (non-hydrogen) atoms. The smallest absolute Gasteiger partial charge is 0.370 e. The SMILES string of the molecule is CCNc1cc(-c2cncnc2)nc(C(F)(F)F)n1. The topological polar surface area (TPSA) is 63.6 Å². The summed E-state index contributed by atoms with van der Waals surface area (Å²) in [6.45, 7) is 2.22. The number of aromatic nitrogens is 4. The molecule has 5 nitrogen and oxygen atoms in total. The Hall–Kier alpha value is -2.25. The van der Waals surface area contributed by atoms with E-state index in [1.54, 1.807) is 6.92 Å². The second-order valence-electron chi connectivity index (χ2n) is 3.62. The third-order valence-corrected chi connectivity index (χ3v) is 2.19. The van der Waals surface area contributed by atoms with Crippen molar-refractivity contribution >= 4 is 5.82 Å². The van der Waals surface area contributed by atoms with Crippen LogP contribution in [0.4, 0.5) is 19.0 Å². The number of rotatable bonds is 3. The molecule has 0 saturated heterocycles. The second-order valence-corrected chi connectivity index (χ2v) is 3.62. The summed E-state index contributed by atoms with van der Waals surface area (Å²) in [5.74, 6) is -1.08. The minimum absolute atomic E-state index is 0.115. The fourth-order valence-electron chi connectivity index (χ4n) is 1.42. The molecule has 2 heterocycles. The molecule has 8 heteroatoms. The van der Waals surface area contributed by atoms with E-state index >= 15 is 0 Å². The van der Waals surface area contributed by atoms with Crippen LogP contribution in [-0.2, 0) is 6.18 Å². The van der Waals surface area contributed by atoms with E-state index in [0.717, 1.165) is 0 Å². The first-order chi connectivity index (χ1) is 9.00. The van der Waals surface area contributed by atoms with Gasteiger partial charge in [-0.1, -0.05) is 0 Å². The maximum Gasteiger partial charge on any atom is 0.451 e. The molecule has 0 saturated carbocycles. The molecular formula is C11H10F3N5. The number of alkyl halides is 3. The Labute approximate surface area is 107 Å². The van der Waals surface area contributed by atoms with Crippen LogP contribution in [0.2, 0.25) is 0 Å². The summed E-state index contributed by atoms with van der Waals surface area (Å²) in [6, 6.07) is 1.43. The molecule has 0 unspecified atom stereocenters. The van der Waals surface area contributed by atoms with Crippen molar-refractivity contribution in [1.29, 1.82) is 0 Å². The Morgan fingerprint density at radius 1 is 1.16 bits per heavy atom. The Kier molecular flexibility index (Phi) is 3.59. The van der Waals surface area contributed by atoms with Gasteiger partial charge >= 0.3 is 6.18 Å². The molecule has 0 spiro atoms. The zero-order chi connectivity index (χ0) is 13.9. The normalized spacial score (nSPS) is 11.4. The summed E-state index contributed by atoms with van der Waals surface area (Å²) >= 11 is 0. The first-order valence-electron chi connectivity index (χ1n) is 5.46. The van der Waals surface area contributed by atoms with E-state index in [2.05, 4.69) is 25.3 Å². The van der Waals surface area contributed by atoms with E-state index in [4.69, 9.17) is 0 Å². The molecule has 2 aromatic heterocycles. The lowest BCUT2D eigenvalue weighted by Crippen LogP contribution is -2.13. The zero-order valence-electron chi connectivity index (χ0n) is 9.94. The quantitative estimate of drug-likeness (QED) is 0.926. The van der Waals surface area contributed by atoms with Crippen LogP contribution in [0.15, 0.2) is 24.8 Å². The van der Waals surface area contributed by atoms with Crippen molar-refractivity contribution in [2.45, 2.75) is 13.1 Å². The van der Waals surface area contributed by atoms with E-state index in [1.165, 1.54) is 24.8 Å². The Morgan fingerprint density at radius 2 is 1.84 bits per heavy atom. The van der Waals surface area contributed by atoms with Gasteiger partial charge in [-0.25, -0.2) is 19.9 Å². The first kappa shape index (κ1) is 13.2. The van der Waals surface area contributed by atoms with Gasteiger partial charge in [0.15, 0.2) is 0 Å². The number of hydrogen-bond donors (Lipinski definition) is 1. The van der Waals surface area contributed by atoms with Gasteiger partial charge in [-0.05, 0) is 6.92 Å². The average Bonchev–Trinajstić information content (AvgIpc) is 2.39. The minimum atomic E-state index is -4.60. The van der Waals surface area contributed by atoms with Crippen LogP contribution in [0.1, 0.15) is 12.7 Å². The molecule has 0 amide bonds. The lowest BCUT2D eigenvalue weighted by molar-refractivity contribution is -0.144. The number of hydrogen-bond acceptors (Lipinski definition) is 5. The third-order valence-electron chi connectivity index (χ3n) is 2.19. The predicted octanol–water partition coefficient (Wildman–Crippen LogP) is 2.38. The highest BCUT2D eigenvalue weighted by molar-refractivity contribution is 5.60. The monoisotopic (exact) mass is 269 g/mol. The van der Waals surface area contributed by atoms with Gasteiger partial charge in [-0.2, -0.15) is 13.2 Å². The number of nitrogens with one attached hydrogen (secondary N) is 1. The van der Waals surface area contributed by atoms with Gasteiger partial charge in [0.05, 0.1) is 5.69 Å². The highest BCUT2D eigenvalue weighted by atomic mass is 19.4. The largest absolute Gasteiger partial charge is 0.451 e. The van der Waals surface area contributed by atoms with E-state index in [9.17, 15) is 13.2 Å². The fraction of sp³-hybridized carbons (Fsp3) is 0.273. The molecule has 1 N–H and O–H groups in total. The predicted molar refractivity (Wildman–Crippen MR) is 62.2 cm³/mol. The van der Waals surface area contributed by atoms with Crippen molar-refractivity contribution in [3.63, 3.8) is 0 Å². The second kappa shape index (κ2) is 5.17. The molecule has 2 aromatic rings. The summed E-state index contributed by atoms with van der Waals surface area (Å²) in [7, 11) is 0. The average molecular weight is 269 g/mol. The number of nitrogens with zero attached hydrogens (tertiary/aromatic N) is 4. The maximum atomic E-state index is 12.7. The van der Waals surface area contributed by atoms with Crippen molar-refractivity contribution in [2.24, 2.45) is 0 Å². The van der Waals surface area contributed by atoms with Gasteiger partial charge in [0.25, 0.3) is 0 Å². The standard InChI is InChI=1S/C11H10F3N5/c1-2-17-9-3-8(7-4-15-6-16-5-7)18-10(19-9)11(12,13)14/h3-6H,2H2,1H3,(H,17,18,19). The van der Waals surface area contributed by atoms with Crippen LogP contribution < -0.4 is 5.32 Å². The van der Waals surface area contributed by atoms with Gasteiger partial charge in [-0.15, -0.1) is 0 Å². The van der Waals surface area contributed by atoms with Crippen molar-refractivity contribution in [3.8, 4) is 11.3 Å². The van der Waals surface area contributed by atoms with E-state index in [1.807, 2.05) is 0 Å². The summed E-state index contributed by atoms with van der Waals surface area (Å²) in [6.07, 6.45) is -0.521. The summed E-state index contributed by atoms with van der Waals surface area (Å²) in [5, 5.41) is 2.74. The van der Waals surface area contributed by atoms with E-state index < -0.39 is 12.0 Å². The summed E-state index contributed by atoms with van der Waals surface area (Å²) in [5.41, 5.74) is 0.522. The third kappa shape index (κ3) is 3.15. The lowest BCUT2D eigenvalue weighted by Gasteiger charge is -2.10. The van der Waals surface area contributed by atoms with Crippen LogP contribution in [-0.4, -0.2) is 26.5 Å². The van der Waals surface area contributed by atoms with Crippen LogP contribution in [0, 0.1) is 0 Å². The van der Waals surface area contributed by atoms with Gasteiger partial charge in [0, 0.05) is 30.6 Å². The molecule has 0 atom stereocenters. The summed E-state index contributed by atoms with van der Waals surface area (Å²) < 4.78 is 38.2. The number of anilines is 1.